The van der Waals surface area contributed by atoms with Gasteiger partial charge in [0.1, 0.15) is 6.33 Å². The number of aliphatic hydroxyl groups is 1. The monoisotopic (exact) mass is 402 g/mol. The first-order valence-electron chi connectivity index (χ1n) is 8.38. The molecule has 0 aliphatic carbocycles. The van der Waals surface area contributed by atoms with Crippen LogP contribution in [0.25, 0.3) is 5.69 Å². The summed E-state index contributed by atoms with van der Waals surface area (Å²) in [6.45, 7) is 0.666. The lowest BCUT2D eigenvalue weighted by Gasteiger charge is -2.21. The average Bonchev–Trinajstić information content (AvgIpc) is 3.15. The van der Waals surface area contributed by atoms with E-state index in [1.807, 2.05) is 48.5 Å². The van der Waals surface area contributed by atoms with Crippen molar-refractivity contribution in [1.29, 1.82) is 0 Å². The third-order valence-corrected chi connectivity index (χ3v) is 5.03. The Morgan fingerprint density at radius 1 is 1.19 bits per heavy atom. The quantitative estimate of drug-likeness (QED) is 0.586. The Morgan fingerprint density at radius 3 is 2.74 bits per heavy atom. The van der Waals surface area contributed by atoms with E-state index in [0.717, 1.165) is 11.3 Å². The average molecular weight is 403 g/mol. The predicted octanol–water partition coefficient (Wildman–Crippen LogP) is 3.03. The van der Waals surface area contributed by atoms with Crippen LogP contribution in [-0.2, 0) is 11.3 Å². The molecular weight excluding hydrogens is 384 g/mol. The number of benzene rings is 2. The Balaban J connectivity index is 1.67. The third-order valence-electron chi connectivity index (χ3n) is 3.87. The second-order valence-electron chi connectivity index (χ2n) is 5.78. The van der Waals surface area contributed by atoms with Crippen molar-refractivity contribution in [3.63, 3.8) is 0 Å². The van der Waals surface area contributed by atoms with Gasteiger partial charge in [-0.1, -0.05) is 59.8 Å². The highest BCUT2D eigenvalue weighted by Gasteiger charge is 2.16. The standard InChI is InChI=1S/C19H19ClN4O2S/c20-16-7-4-8-17(11-16)24-14-21-22-19(24)27-13-18(26)23(9-10-25)12-15-5-2-1-3-6-15/h1-8,11,14,25H,9-10,12-13H2. The largest absolute Gasteiger partial charge is 0.395 e. The van der Waals surface area contributed by atoms with Crippen molar-refractivity contribution in [3.8, 4) is 5.69 Å². The number of aliphatic hydroxyl groups excluding tert-OH is 1. The van der Waals surface area contributed by atoms with Crippen LogP contribution in [0.15, 0.2) is 66.1 Å². The number of thioether (sulfide) groups is 1. The molecule has 1 amide bonds. The number of carbonyl (C=O) groups excluding carboxylic acids is 1. The van der Waals surface area contributed by atoms with Crippen LogP contribution in [0.2, 0.25) is 5.02 Å². The summed E-state index contributed by atoms with van der Waals surface area (Å²) in [7, 11) is 0. The number of carbonyl (C=O) groups is 1. The maximum atomic E-state index is 12.7. The lowest BCUT2D eigenvalue weighted by atomic mass is 10.2. The van der Waals surface area contributed by atoms with Gasteiger partial charge in [0.25, 0.3) is 0 Å². The third kappa shape index (κ3) is 5.32. The van der Waals surface area contributed by atoms with E-state index in [0.29, 0.717) is 16.7 Å². The highest BCUT2D eigenvalue weighted by atomic mass is 35.5. The van der Waals surface area contributed by atoms with Gasteiger partial charge in [0.15, 0.2) is 5.16 Å². The van der Waals surface area contributed by atoms with Crippen molar-refractivity contribution >= 4 is 29.3 Å². The van der Waals surface area contributed by atoms with Crippen molar-refractivity contribution in [2.45, 2.75) is 11.7 Å². The molecule has 3 rings (SSSR count). The molecule has 0 aliphatic rings. The van der Waals surface area contributed by atoms with E-state index in [2.05, 4.69) is 10.2 Å². The normalized spacial score (nSPS) is 10.7. The van der Waals surface area contributed by atoms with Gasteiger partial charge in [-0.25, -0.2) is 0 Å². The number of amides is 1. The number of halogens is 1. The molecule has 0 bridgehead atoms. The maximum Gasteiger partial charge on any atom is 0.233 e. The summed E-state index contributed by atoms with van der Waals surface area (Å²) in [5, 5.41) is 18.6. The van der Waals surface area contributed by atoms with Crippen LogP contribution in [-0.4, -0.2) is 49.6 Å². The highest BCUT2D eigenvalue weighted by Crippen LogP contribution is 2.22. The Hall–Kier alpha value is -2.35. The topological polar surface area (TPSA) is 71.2 Å². The van der Waals surface area contributed by atoms with E-state index in [1.165, 1.54) is 11.8 Å². The van der Waals surface area contributed by atoms with Gasteiger partial charge in [-0.05, 0) is 23.8 Å². The Bertz CT molecular complexity index is 888. The second-order valence-corrected chi connectivity index (χ2v) is 7.16. The zero-order valence-corrected chi connectivity index (χ0v) is 16.1. The summed E-state index contributed by atoms with van der Waals surface area (Å²) in [6, 6.07) is 17.1. The summed E-state index contributed by atoms with van der Waals surface area (Å²) in [5.74, 6) is 0.130. The molecule has 0 saturated carbocycles. The van der Waals surface area contributed by atoms with Crippen molar-refractivity contribution in [3.05, 3.63) is 71.5 Å². The fourth-order valence-corrected chi connectivity index (χ4v) is 3.58. The van der Waals surface area contributed by atoms with Crippen molar-refractivity contribution in [2.75, 3.05) is 18.9 Å². The molecule has 0 radical (unpaired) electrons. The van der Waals surface area contributed by atoms with Gasteiger partial charge in [0.2, 0.25) is 5.91 Å². The molecule has 8 heteroatoms. The molecule has 0 saturated heterocycles. The smallest absolute Gasteiger partial charge is 0.233 e. The van der Waals surface area contributed by atoms with Crippen LogP contribution in [0, 0.1) is 0 Å². The zero-order valence-electron chi connectivity index (χ0n) is 14.5. The molecule has 3 aromatic rings. The second kappa shape index (κ2) is 9.55. The van der Waals surface area contributed by atoms with E-state index < -0.39 is 0 Å². The van der Waals surface area contributed by atoms with Gasteiger partial charge in [0, 0.05) is 18.1 Å². The van der Waals surface area contributed by atoms with Crippen LogP contribution in [0.3, 0.4) is 0 Å². The SMILES string of the molecule is O=C(CSc1nncn1-c1cccc(Cl)c1)N(CCO)Cc1ccccc1. The van der Waals surface area contributed by atoms with Crippen molar-refractivity contribution in [2.24, 2.45) is 0 Å². The lowest BCUT2D eigenvalue weighted by Crippen LogP contribution is -2.34. The zero-order chi connectivity index (χ0) is 19.1. The van der Waals surface area contributed by atoms with Gasteiger partial charge < -0.3 is 10.0 Å². The first-order chi connectivity index (χ1) is 13.2. The van der Waals surface area contributed by atoms with Crippen LogP contribution in [0.1, 0.15) is 5.56 Å². The van der Waals surface area contributed by atoms with Crippen LogP contribution in [0.5, 0.6) is 0 Å². The molecule has 0 unspecified atom stereocenters. The first kappa shape index (κ1) is 19.4. The summed E-state index contributed by atoms with van der Waals surface area (Å²) < 4.78 is 1.79. The minimum absolute atomic E-state index is 0.0708. The molecule has 1 aromatic heterocycles. The summed E-state index contributed by atoms with van der Waals surface area (Å²) in [5.41, 5.74) is 1.85. The molecular formula is C19H19ClN4O2S. The van der Waals surface area contributed by atoms with Crippen LogP contribution >= 0.6 is 23.4 Å². The summed E-state index contributed by atoms with van der Waals surface area (Å²) in [4.78, 5) is 14.3. The first-order valence-corrected chi connectivity index (χ1v) is 9.75. The summed E-state index contributed by atoms with van der Waals surface area (Å²) >= 11 is 7.35. The maximum absolute atomic E-state index is 12.7. The minimum atomic E-state index is -0.0814. The van der Waals surface area contributed by atoms with Gasteiger partial charge in [-0.15, -0.1) is 10.2 Å². The van der Waals surface area contributed by atoms with E-state index in [4.69, 9.17) is 11.6 Å². The number of hydrogen-bond acceptors (Lipinski definition) is 5. The van der Waals surface area contributed by atoms with Gasteiger partial charge in [-0.3, -0.25) is 9.36 Å². The number of rotatable bonds is 8. The highest BCUT2D eigenvalue weighted by molar-refractivity contribution is 7.99. The molecule has 140 valence electrons. The molecule has 1 N–H and O–H groups in total. The molecule has 0 aliphatic heterocycles. The van der Waals surface area contributed by atoms with E-state index in [9.17, 15) is 9.90 Å². The minimum Gasteiger partial charge on any atom is -0.395 e. The van der Waals surface area contributed by atoms with E-state index in [1.54, 1.807) is 21.9 Å². The molecule has 2 aromatic carbocycles. The number of hydrogen-bond donors (Lipinski definition) is 1. The van der Waals surface area contributed by atoms with Crippen molar-refractivity contribution < 1.29 is 9.90 Å². The van der Waals surface area contributed by atoms with E-state index >= 15 is 0 Å². The predicted molar refractivity (Wildman–Crippen MR) is 106 cm³/mol. The fraction of sp³-hybridized carbons (Fsp3) is 0.211. The lowest BCUT2D eigenvalue weighted by molar-refractivity contribution is -0.129. The number of nitrogens with zero attached hydrogens (tertiary/aromatic N) is 4. The van der Waals surface area contributed by atoms with Crippen LogP contribution < -0.4 is 0 Å². The number of aromatic nitrogens is 3. The van der Waals surface area contributed by atoms with Gasteiger partial charge >= 0.3 is 0 Å². The van der Waals surface area contributed by atoms with Crippen molar-refractivity contribution in [1.82, 2.24) is 19.7 Å². The Morgan fingerprint density at radius 2 is 2.00 bits per heavy atom. The summed E-state index contributed by atoms with van der Waals surface area (Å²) in [6.07, 6.45) is 1.59. The Kier molecular flexibility index (Phi) is 6.86. The van der Waals surface area contributed by atoms with E-state index in [-0.39, 0.29) is 24.8 Å². The fourth-order valence-electron chi connectivity index (χ4n) is 2.56. The molecule has 27 heavy (non-hydrogen) atoms. The van der Waals surface area contributed by atoms with Gasteiger partial charge in [0.05, 0.1) is 18.0 Å². The molecule has 0 spiro atoms. The van der Waals surface area contributed by atoms with Gasteiger partial charge in [-0.2, -0.15) is 0 Å². The Labute approximate surface area is 166 Å². The molecule has 0 fully saturated rings. The van der Waals surface area contributed by atoms with Crippen LogP contribution in [0.4, 0.5) is 0 Å². The molecule has 1 heterocycles. The molecule has 0 atom stereocenters. The molecule has 6 nitrogen and oxygen atoms in total.